The van der Waals surface area contributed by atoms with Crippen molar-refractivity contribution in [1.29, 1.82) is 0 Å². The second-order valence-electron chi connectivity index (χ2n) is 4.25. The maximum Gasteiger partial charge on any atom is 0.354 e. The summed E-state index contributed by atoms with van der Waals surface area (Å²) < 4.78 is 0. The van der Waals surface area contributed by atoms with Crippen molar-refractivity contribution in [3.05, 3.63) is 60.4 Å². The number of rotatable bonds is 3. The van der Waals surface area contributed by atoms with Crippen molar-refractivity contribution < 1.29 is 9.90 Å². The van der Waals surface area contributed by atoms with E-state index in [2.05, 4.69) is 15.3 Å². The number of benzene rings is 1. The van der Waals surface area contributed by atoms with Gasteiger partial charge in [-0.15, -0.1) is 0 Å². The highest BCUT2D eigenvalue weighted by atomic mass is 16.4. The van der Waals surface area contributed by atoms with Crippen LogP contribution in [0.1, 0.15) is 10.5 Å². The Kier molecular flexibility index (Phi) is 3.01. The molecule has 0 atom stereocenters. The van der Waals surface area contributed by atoms with Gasteiger partial charge in [-0.3, -0.25) is 4.98 Å². The molecule has 98 valence electrons. The lowest BCUT2D eigenvalue weighted by Gasteiger charge is -2.06. The van der Waals surface area contributed by atoms with Crippen LogP contribution in [0.2, 0.25) is 0 Å². The number of carboxylic acid groups (broad SMARTS) is 1. The third-order valence-electron chi connectivity index (χ3n) is 2.83. The molecule has 0 radical (unpaired) electrons. The standard InChI is InChI=1S/C15H11N3O2/c19-15(20)13-6-3-7-14(18-13)17-11-8-10-4-1-2-5-12(10)16-9-11/h1-9H,(H,17,18)(H,19,20). The second-order valence-corrected chi connectivity index (χ2v) is 4.25. The lowest BCUT2D eigenvalue weighted by molar-refractivity contribution is 0.0690. The molecule has 0 aliphatic rings. The van der Waals surface area contributed by atoms with Crippen molar-refractivity contribution in [2.24, 2.45) is 0 Å². The lowest BCUT2D eigenvalue weighted by Crippen LogP contribution is -2.02. The van der Waals surface area contributed by atoms with E-state index in [9.17, 15) is 4.79 Å². The third kappa shape index (κ3) is 2.42. The molecule has 0 aliphatic carbocycles. The number of nitrogens with zero attached hydrogens (tertiary/aromatic N) is 2. The highest BCUT2D eigenvalue weighted by Gasteiger charge is 2.05. The first-order valence-electron chi connectivity index (χ1n) is 6.04. The van der Waals surface area contributed by atoms with E-state index in [1.54, 1.807) is 18.3 Å². The summed E-state index contributed by atoms with van der Waals surface area (Å²) in [6, 6.07) is 14.5. The maximum atomic E-state index is 10.9. The van der Waals surface area contributed by atoms with E-state index < -0.39 is 5.97 Å². The number of aromatic nitrogens is 2. The van der Waals surface area contributed by atoms with Gasteiger partial charge in [0.1, 0.15) is 5.82 Å². The maximum absolute atomic E-state index is 10.9. The first-order chi connectivity index (χ1) is 9.72. The average Bonchev–Trinajstić information content (AvgIpc) is 2.47. The molecule has 0 aliphatic heterocycles. The highest BCUT2D eigenvalue weighted by Crippen LogP contribution is 2.19. The van der Waals surface area contributed by atoms with Crippen LogP contribution in [0.15, 0.2) is 54.7 Å². The van der Waals surface area contributed by atoms with Gasteiger partial charge in [-0.05, 0) is 24.3 Å². The third-order valence-corrected chi connectivity index (χ3v) is 2.83. The minimum absolute atomic E-state index is 0.00347. The zero-order chi connectivity index (χ0) is 13.9. The van der Waals surface area contributed by atoms with Crippen LogP contribution in [0.5, 0.6) is 0 Å². The number of hydrogen-bond acceptors (Lipinski definition) is 4. The Morgan fingerprint density at radius 1 is 1.10 bits per heavy atom. The predicted molar refractivity (Wildman–Crippen MR) is 76.2 cm³/mol. The summed E-state index contributed by atoms with van der Waals surface area (Å²) in [5.41, 5.74) is 1.67. The number of aromatic carboxylic acids is 1. The van der Waals surface area contributed by atoms with Crippen LogP contribution < -0.4 is 5.32 Å². The monoisotopic (exact) mass is 265 g/mol. The number of pyridine rings is 2. The molecule has 2 N–H and O–H groups in total. The highest BCUT2D eigenvalue weighted by molar-refractivity contribution is 5.86. The van der Waals surface area contributed by atoms with Crippen LogP contribution in [0.4, 0.5) is 11.5 Å². The zero-order valence-electron chi connectivity index (χ0n) is 10.4. The molecule has 1 aromatic carbocycles. The molecule has 5 heteroatoms. The number of carbonyl (C=O) groups is 1. The van der Waals surface area contributed by atoms with Gasteiger partial charge in [0.25, 0.3) is 0 Å². The molecule has 5 nitrogen and oxygen atoms in total. The molecule has 0 fully saturated rings. The number of fused-ring (bicyclic) bond motifs is 1. The van der Waals surface area contributed by atoms with E-state index in [1.807, 2.05) is 30.3 Å². The molecule has 3 aromatic rings. The number of hydrogen-bond donors (Lipinski definition) is 2. The van der Waals surface area contributed by atoms with Gasteiger partial charge < -0.3 is 10.4 Å². The molecule has 0 spiro atoms. The summed E-state index contributed by atoms with van der Waals surface area (Å²) >= 11 is 0. The Bertz CT molecular complexity index is 787. The van der Waals surface area contributed by atoms with Gasteiger partial charge in [0.15, 0.2) is 5.69 Å². The Hall–Kier alpha value is -2.95. The summed E-state index contributed by atoms with van der Waals surface area (Å²) in [5, 5.41) is 13.0. The number of anilines is 2. The summed E-state index contributed by atoms with van der Waals surface area (Å²) in [4.78, 5) is 19.2. The summed E-state index contributed by atoms with van der Waals surface area (Å²) in [7, 11) is 0. The molecule has 0 saturated heterocycles. The SMILES string of the molecule is O=C(O)c1cccc(Nc2cnc3ccccc3c2)n1. The fourth-order valence-corrected chi connectivity index (χ4v) is 1.91. The van der Waals surface area contributed by atoms with E-state index in [1.165, 1.54) is 6.07 Å². The number of carboxylic acids is 1. The van der Waals surface area contributed by atoms with Gasteiger partial charge in [0, 0.05) is 5.39 Å². The fraction of sp³-hybridized carbons (Fsp3) is 0. The van der Waals surface area contributed by atoms with Crippen LogP contribution in [0, 0.1) is 0 Å². The number of nitrogens with one attached hydrogen (secondary N) is 1. The van der Waals surface area contributed by atoms with Gasteiger partial charge in [0.2, 0.25) is 0 Å². The minimum atomic E-state index is -1.05. The molecule has 2 heterocycles. The Morgan fingerprint density at radius 2 is 1.95 bits per heavy atom. The van der Waals surface area contributed by atoms with Gasteiger partial charge in [0.05, 0.1) is 17.4 Å². The van der Waals surface area contributed by atoms with E-state index in [0.29, 0.717) is 5.82 Å². The molecule has 20 heavy (non-hydrogen) atoms. The Labute approximate surface area is 114 Å². The second kappa shape index (κ2) is 4.97. The van der Waals surface area contributed by atoms with Crippen LogP contribution >= 0.6 is 0 Å². The topological polar surface area (TPSA) is 75.1 Å². The zero-order valence-corrected chi connectivity index (χ0v) is 10.4. The van der Waals surface area contributed by atoms with Crippen molar-refractivity contribution in [3.8, 4) is 0 Å². The molecule has 0 unspecified atom stereocenters. The quantitative estimate of drug-likeness (QED) is 0.761. The summed E-state index contributed by atoms with van der Waals surface area (Å²) in [6.07, 6.45) is 1.69. The smallest absolute Gasteiger partial charge is 0.354 e. The van der Waals surface area contributed by atoms with Gasteiger partial charge in [-0.25, -0.2) is 9.78 Å². The van der Waals surface area contributed by atoms with Crippen LogP contribution in [-0.2, 0) is 0 Å². The van der Waals surface area contributed by atoms with Crippen molar-refractivity contribution in [2.75, 3.05) is 5.32 Å². The van der Waals surface area contributed by atoms with Crippen LogP contribution in [-0.4, -0.2) is 21.0 Å². The molecule has 0 saturated carbocycles. The first kappa shape index (κ1) is 12.1. The van der Waals surface area contributed by atoms with Crippen LogP contribution in [0.3, 0.4) is 0 Å². The molecular formula is C15H11N3O2. The van der Waals surface area contributed by atoms with Gasteiger partial charge in [-0.1, -0.05) is 24.3 Å². The summed E-state index contributed by atoms with van der Waals surface area (Å²) in [5.74, 6) is -0.577. The van der Waals surface area contributed by atoms with Crippen molar-refractivity contribution in [2.45, 2.75) is 0 Å². The average molecular weight is 265 g/mol. The van der Waals surface area contributed by atoms with Crippen molar-refractivity contribution >= 4 is 28.4 Å². The minimum Gasteiger partial charge on any atom is -0.477 e. The largest absolute Gasteiger partial charge is 0.477 e. The Balaban J connectivity index is 1.92. The normalized spacial score (nSPS) is 10.4. The van der Waals surface area contributed by atoms with E-state index in [0.717, 1.165) is 16.6 Å². The van der Waals surface area contributed by atoms with Crippen molar-refractivity contribution in [3.63, 3.8) is 0 Å². The molecule has 0 amide bonds. The number of para-hydroxylation sites is 1. The van der Waals surface area contributed by atoms with Crippen molar-refractivity contribution in [1.82, 2.24) is 9.97 Å². The molecular weight excluding hydrogens is 254 g/mol. The van der Waals surface area contributed by atoms with E-state index in [4.69, 9.17) is 5.11 Å². The lowest BCUT2D eigenvalue weighted by atomic mass is 10.2. The van der Waals surface area contributed by atoms with Crippen LogP contribution in [0.25, 0.3) is 10.9 Å². The Morgan fingerprint density at radius 3 is 2.80 bits per heavy atom. The van der Waals surface area contributed by atoms with E-state index in [-0.39, 0.29) is 5.69 Å². The van der Waals surface area contributed by atoms with Gasteiger partial charge >= 0.3 is 5.97 Å². The first-order valence-corrected chi connectivity index (χ1v) is 6.04. The fourth-order valence-electron chi connectivity index (χ4n) is 1.91. The molecule has 3 rings (SSSR count). The molecule has 0 bridgehead atoms. The molecule has 2 aromatic heterocycles. The predicted octanol–water partition coefficient (Wildman–Crippen LogP) is 3.07. The van der Waals surface area contributed by atoms with Gasteiger partial charge in [-0.2, -0.15) is 0 Å². The summed E-state index contributed by atoms with van der Waals surface area (Å²) in [6.45, 7) is 0. The van der Waals surface area contributed by atoms with E-state index >= 15 is 0 Å².